The van der Waals surface area contributed by atoms with Gasteiger partial charge in [0.15, 0.2) is 0 Å². The van der Waals surface area contributed by atoms with Gasteiger partial charge in [0, 0.05) is 11.5 Å². The third-order valence-electron chi connectivity index (χ3n) is 6.89. The number of hydrogen-bond acceptors (Lipinski definition) is 2. The van der Waals surface area contributed by atoms with Gasteiger partial charge in [0.25, 0.3) is 0 Å². The SMILES string of the molecule is CCCCCCC(C)(C)c1cc(O)c([C@H]2C=C(CC)CC[C@H]2C(C)C)c(O)c1. The molecule has 158 valence electrons. The van der Waals surface area contributed by atoms with Gasteiger partial charge in [-0.3, -0.25) is 0 Å². The molecule has 0 saturated heterocycles. The second-order valence-electron chi connectivity index (χ2n) is 9.77. The first-order valence-electron chi connectivity index (χ1n) is 11.5. The van der Waals surface area contributed by atoms with Crippen molar-refractivity contribution in [1.29, 1.82) is 0 Å². The lowest BCUT2D eigenvalue weighted by molar-refractivity contribution is 0.302. The predicted molar refractivity (Wildman–Crippen MR) is 120 cm³/mol. The van der Waals surface area contributed by atoms with Crippen LogP contribution in [0.3, 0.4) is 0 Å². The zero-order valence-electron chi connectivity index (χ0n) is 19.0. The Morgan fingerprint density at radius 2 is 1.68 bits per heavy atom. The van der Waals surface area contributed by atoms with Gasteiger partial charge >= 0.3 is 0 Å². The van der Waals surface area contributed by atoms with E-state index in [1.54, 1.807) is 0 Å². The fraction of sp³-hybridized carbons (Fsp3) is 0.692. The van der Waals surface area contributed by atoms with Gasteiger partial charge in [-0.25, -0.2) is 0 Å². The normalized spacial score (nSPS) is 20.5. The lowest BCUT2D eigenvalue weighted by atomic mass is 9.70. The van der Waals surface area contributed by atoms with Crippen LogP contribution in [0.1, 0.15) is 110 Å². The van der Waals surface area contributed by atoms with Crippen LogP contribution in [0.15, 0.2) is 23.8 Å². The van der Waals surface area contributed by atoms with Crippen LogP contribution >= 0.6 is 0 Å². The molecule has 2 heteroatoms. The van der Waals surface area contributed by atoms with E-state index >= 15 is 0 Å². The molecule has 2 nitrogen and oxygen atoms in total. The van der Waals surface area contributed by atoms with Crippen LogP contribution < -0.4 is 0 Å². The van der Waals surface area contributed by atoms with Gasteiger partial charge in [-0.1, -0.05) is 78.9 Å². The molecule has 0 amide bonds. The highest BCUT2D eigenvalue weighted by atomic mass is 16.3. The molecule has 1 aromatic carbocycles. The fourth-order valence-corrected chi connectivity index (χ4v) is 4.83. The van der Waals surface area contributed by atoms with Gasteiger partial charge in [0.1, 0.15) is 11.5 Å². The molecule has 0 bridgehead atoms. The lowest BCUT2D eigenvalue weighted by Gasteiger charge is -2.35. The number of rotatable bonds is 9. The molecule has 0 heterocycles. The maximum absolute atomic E-state index is 11.0. The number of aromatic hydroxyl groups is 2. The van der Waals surface area contributed by atoms with Gasteiger partial charge in [-0.2, -0.15) is 0 Å². The first-order valence-corrected chi connectivity index (χ1v) is 11.5. The molecule has 0 aromatic heterocycles. The molecule has 0 spiro atoms. The summed E-state index contributed by atoms with van der Waals surface area (Å²) in [6.07, 6.45) is 11.7. The van der Waals surface area contributed by atoms with Crippen molar-refractivity contribution < 1.29 is 10.2 Å². The van der Waals surface area contributed by atoms with Gasteiger partial charge in [-0.15, -0.1) is 0 Å². The number of phenols is 2. The Hall–Kier alpha value is -1.44. The molecule has 0 radical (unpaired) electrons. The molecule has 1 aliphatic carbocycles. The van der Waals surface area contributed by atoms with Crippen molar-refractivity contribution in [1.82, 2.24) is 0 Å². The number of unbranched alkanes of at least 4 members (excludes halogenated alkanes) is 3. The second kappa shape index (κ2) is 9.85. The molecular formula is C26H42O2. The Morgan fingerprint density at radius 3 is 2.21 bits per heavy atom. The predicted octanol–water partition coefficient (Wildman–Crippen LogP) is 7.83. The number of hydrogen-bond donors (Lipinski definition) is 2. The van der Waals surface area contributed by atoms with Crippen molar-refractivity contribution in [3.05, 3.63) is 34.9 Å². The summed E-state index contributed by atoms with van der Waals surface area (Å²) in [6, 6.07) is 3.83. The molecule has 2 atom stereocenters. The summed E-state index contributed by atoms with van der Waals surface area (Å²) in [6.45, 7) is 13.4. The molecule has 28 heavy (non-hydrogen) atoms. The first kappa shape index (κ1) is 22.8. The topological polar surface area (TPSA) is 40.5 Å². The Labute approximate surface area is 173 Å². The van der Waals surface area contributed by atoms with Crippen molar-refractivity contribution in [2.24, 2.45) is 11.8 Å². The van der Waals surface area contributed by atoms with E-state index in [0.29, 0.717) is 11.8 Å². The summed E-state index contributed by atoms with van der Waals surface area (Å²) in [7, 11) is 0. The van der Waals surface area contributed by atoms with Crippen molar-refractivity contribution in [3.8, 4) is 11.5 Å². The minimum Gasteiger partial charge on any atom is -0.507 e. The Balaban J connectivity index is 2.34. The molecular weight excluding hydrogens is 344 g/mol. The van der Waals surface area contributed by atoms with E-state index in [0.717, 1.165) is 36.8 Å². The maximum atomic E-state index is 11.0. The molecule has 0 saturated carbocycles. The highest BCUT2D eigenvalue weighted by Gasteiger charge is 2.33. The zero-order valence-corrected chi connectivity index (χ0v) is 19.0. The Morgan fingerprint density at radius 1 is 1.04 bits per heavy atom. The van der Waals surface area contributed by atoms with E-state index < -0.39 is 0 Å². The number of allylic oxidation sites excluding steroid dienone is 2. The molecule has 0 unspecified atom stereocenters. The monoisotopic (exact) mass is 386 g/mol. The summed E-state index contributed by atoms with van der Waals surface area (Å²) >= 11 is 0. The van der Waals surface area contributed by atoms with Crippen LogP contribution in [0.5, 0.6) is 11.5 Å². The third-order valence-corrected chi connectivity index (χ3v) is 6.89. The largest absolute Gasteiger partial charge is 0.507 e. The number of phenolic OH excluding ortho intramolecular Hbond substituents is 2. The van der Waals surface area contributed by atoms with Crippen molar-refractivity contribution in [2.75, 3.05) is 0 Å². The van der Waals surface area contributed by atoms with E-state index in [9.17, 15) is 10.2 Å². The van der Waals surface area contributed by atoms with E-state index in [1.165, 1.54) is 31.3 Å². The highest BCUT2D eigenvalue weighted by molar-refractivity contribution is 5.52. The molecule has 1 aromatic rings. The van der Waals surface area contributed by atoms with Crippen LogP contribution in [-0.2, 0) is 5.41 Å². The summed E-state index contributed by atoms with van der Waals surface area (Å²) in [5.74, 6) is 1.61. The Kier molecular flexibility index (Phi) is 8.04. The lowest BCUT2D eigenvalue weighted by Crippen LogP contribution is -2.22. The quantitative estimate of drug-likeness (QED) is 0.335. The van der Waals surface area contributed by atoms with Crippen molar-refractivity contribution in [3.63, 3.8) is 0 Å². The van der Waals surface area contributed by atoms with Crippen LogP contribution in [0.2, 0.25) is 0 Å². The second-order valence-corrected chi connectivity index (χ2v) is 9.77. The van der Waals surface area contributed by atoms with Crippen molar-refractivity contribution in [2.45, 2.75) is 104 Å². The smallest absolute Gasteiger partial charge is 0.123 e. The molecule has 0 fully saturated rings. The van der Waals surface area contributed by atoms with Gasteiger partial charge in [-0.05, 0) is 60.6 Å². The zero-order chi connectivity index (χ0) is 20.9. The van der Waals surface area contributed by atoms with Gasteiger partial charge < -0.3 is 10.2 Å². The van der Waals surface area contributed by atoms with Gasteiger partial charge in [0.05, 0.1) is 0 Å². The van der Waals surface area contributed by atoms with E-state index in [1.807, 2.05) is 12.1 Å². The van der Waals surface area contributed by atoms with Crippen molar-refractivity contribution >= 4 is 0 Å². The average molecular weight is 387 g/mol. The summed E-state index contributed by atoms with van der Waals surface area (Å²) < 4.78 is 0. The maximum Gasteiger partial charge on any atom is 0.123 e. The summed E-state index contributed by atoms with van der Waals surface area (Å²) in [4.78, 5) is 0. The standard InChI is InChI=1S/C26H42O2/c1-7-9-10-11-14-26(5,6)20-16-23(27)25(24(28)17-20)22-15-19(8-2)12-13-21(22)18(3)4/h15-18,21-22,27-28H,7-14H2,1-6H3/t21-,22-/m0/s1. The van der Waals surface area contributed by atoms with E-state index in [4.69, 9.17) is 0 Å². The minimum absolute atomic E-state index is 0.0460. The molecule has 2 N–H and O–H groups in total. The van der Waals surface area contributed by atoms with Crippen LogP contribution in [-0.4, -0.2) is 10.2 Å². The van der Waals surface area contributed by atoms with Crippen LogP contribution in [0.4, 0.5) is 0 Å². The average Bonchev–Trinajstić information content (AvgIpc) is 2.64. The minimum atomic E-state index is -0.0460. The van der Waals surface area contributed by atoms with Gasteiger partial charge in [0.2, 0.25) is 0 Å². The Bertz CT molecular complexity index is 646. The molecule has 2 rings (SSSR count). The molecule has 1 aliphatic rings. The van der Waals surface area contributed by atoms with Crippen LogP contribution in [0.25, 0.3) is 0 Å². The molecule has 0 aliphatic heterocycles. The van der Waals surface area contributed by atoms with E-state index in [-0.39, 0.29) is 22.8 Å². The number of benzene rings is 1. The third kappa shape index (κ3) is 5.33. The highest BCUT2D eigenvalue weighted by Crippen LogP contribution is 2.48. The van der Waals surface area contributed by atoms with E-state index in [2.05, 4.69) is 47.6 Å². The summed E-state index contributed by atoms with van der Waals surface area (Å²) in [5.41, 5.74) is 3.17. The first-order chi connectivity index (χ1) is 13.2. The summed E-state index contributed by atoms with van der Waals surface area (Å²) in [5, 5.41) is 21.9. The van der Waals surface area contributed by atoms with Crippen LogP contribution in [0, 0.1) is 11.8 Å². The fourth-order valence-electron chi connectivity index (χ4n) is 4.83.